The molecular formula is C19H24N4O3S2. The van der Waals surface area contributed by atoms with Gasteiger partial charge in [-0.2, -0.15) is 0 Å². The third kappa shape index (κ3) is 3.92. The smallest absolute Gasteiger partial charge is 0.263 e. The highest BCUT2D eigenvalue weighted by atomic mass is 32.2. The van der Waals surface area contributed by atoms with Gasteiger partial charge in [-0.25, -0.2) is 13.4 Å². The highest BCUT2D eigenvalue weighted by molar-refractivity contribution is 7.93. The van der Waals surface area contributed by atoms with Gasteiger partial charge in [0.1, 0.15) is 0 Å². The summed E-state index contributed by atoms with van der Waals surface area (Å²) in [5.41, 5.74) is 0.742. The summed E-state index contributed by atoms with van der Waals surface area (Å²) in [6, 6.07) is 6.43. The van der Waals surface area contributed by atoms with Gasteiger partial charge in [-0.05, 0) is 62.5 Å². The Balaban J connectivity index is 1.45. The number of likely N-dealkylation sites (tertiary alicyclic amines) is 1. The molecule has 28 heavy (non-hydrogen) atoms. The molecule has 1 amide bonds. The van der Waals surface area contributed by atoms with Gasteiger partial charge in [-0.3, -0.25) is 14.4 Å². The molecule has 2 aliphatic heterocycles. The van der Waals surface area contributed by atoms with Crippen molar-refractivity contribution in [3.05, 3.63) is 35.8 Å². The van der Waals surface area contributed by atoms with Gasteiger partial charge in [-0.1, -0.05) is 6.92 Å². The van der Waals surface area contributed by atoms with Crippen LogP contribution in [0.3, 0.4) is 0 Å². The highest BCUT2D eigenvalue weighted by Crippen LogP contribution is 2.28. The van der Waals surface area contributed by atoms with E-state index < -0.39 is 10.0 Å². The fourth-order valence-electron chi connectivity index (χ4n) is 3.85. The monoisotopic (exact) mass is 420 g/mol. The number of rotatable bonds is 5. The summed E-state index contributed by atoms with van der Waals surface area (Å²) in [6.45, 7) is 4.88. The van der Waals surface area contributed by atoms with Crippen LogP contribution in [0.25, 0.3) is 0 Å². The van der Waals surface area contributed by atoms with Crippen molar-refractivity contribution in [1.29, 1.82) is 0 Å². The SMILES string of the molecule is CC1CCN([C@H]2CCN(c3ccc(S(=O)(=O)Nc4nccs4)cc3)C2=O)CC1. The Bertz CT molecular complexity index is 921. The fraction of sp³-hybridized carbons (Fsp3) is 0.474. The molecule has 2 saturated heterocycles. The molecule has 0 spiro atoms. The van der Waals surface area contributed by atoms with Crippen molar-refractivity contribution >= 4 is 38.1 Å². The number of thiazole rings is 1. The second-order valence-electron chi connectivity index (χ2n) is 7.45. The number of sulfonamides is 1. The normalized spacial score (nSPS) is 22.0. The maximum atomic E-state index is 12.9. The van der Waals surface area contributed by atoms with Crippen LogP contribution >= 0.6 is 11.3 Å². The second-order valence-corrected chi connectivity index (χ2v) is 10.0. The zero-order valence-electron chi connectivity index (χ0n) is 15.7. The van der Waals surface area contributed by atoms with E-state index in [1.165, 1.54) is 23.5 Å². The van der Waals surface area contributed by atoms with Crippen molar-refractivity contribution in [2.45, 2.75) is 37.1 Å². The lowest BCUT2D eigenvalue weighted by Crippen LogP contribution is -2.45. The van der Waals surface area contributed by atoms with Gasteiger partial charge in [0.05, 0.1) is 10.9 Å². The van der Waals surface area contributed by atoms with Gasteiger partial charge in [0.2, 0.25) is 5.91 Å². The molecule has 0 bridgehead atoms. The van der Waals surface area contributed by atoms with Gasteiger partial charge >= 0.3 is 0 Å². The van der Waals surface area contributed by atoms with E-state index in [2.05, 4.69) is 21.5 Å². The Labute approximate surface area is 169 Å². The number of anilines is 2. The molecule has 3 heterocycles. The Morgan fingerprint density at radius 1 is 1.11 bits per heavy atom. The van der Waals surface area contributed by atoms with Crippen LogP contribution < -0.4 is 9.62 Å². The van der Waals surface area contributed by atoms with Crippen molar-refractivity contribution in [3.8, 4) is 0 Å². The molecule has 0 unspecified atom stereocenters. The number of carbonyl (C=O) groups is 1. The lowest BCUT2D eigenvalue weighted by Gasteiger charge is -2.33. The Kier molecular flexibility index (Phi) is 5.39. The third-order valence-corrected chi connectivity index (χ3v) is 7.72. The summed E-state index contributed by atoms with van der Waals surface area (Å²) in [5.74, 6) is 0.849. The molecule has 1 atom stereocenters. The predicted octanol–water partition coefficient (Wildman–Crippen LogP) is 2.78. The van der Waals surface area contributed by atoms with Gasteiger partial charge in [0.15, 0.2) is 5.13 Å². The van der Waals surface area contributed by atoms with E-state index >= 15 is 0 Å². The zero-order chi connectivity index (χ0) is 19.7. The van der Waals surface area contributed by atoms with E-state index in [-0.39, 0.29) is 16.8 Å². The molecule has 2 aliphatic rings. The van der Waals surface area contributed by atoms with Crippen LogP contribution in [0.5, 0.6) is 0 Å². The van der Waals surface area contributed by atoms with Crippen LogP contribution in [0, 0.1) is 5.92 Å². The average Bonchev–Trinajstić information content (AvgIpc) is 3.32. The molecule has 1 aromatic carbocycles. The molecule has 7 nitrogen and oxygen atoms in total. The number of carbonyl (C=O) groups excluding carboxylic acids is 1. The largest absolute Gasteiger partial charge is 0.311 e. The summed E-state index contributed by atoms with van der Waals surface area (Å²) in [6.07, 6.45) is 4.65. The minimum Gasteiger partial charge on any atom is -0.311 e. The minimum atomic E-state index is -3.68. The quantitative estimate of drug-likeness (QED) is 0.804. The molecule has 0 aliphatic carbocycles. The van der Waals surface area contributed by atoms with Crippen molar-refractivity contribution in [1.82, 2.24) is 9.88 Å². The molecule has 1 aromatic heterocycles. The van der Waals surface area contributed by atoms with E-state index in [0.717, 1.165) is 44.0 Å². The first-order valence-electron chi connectivity index (χ1n) is 9.52. The first-order valence-corrected chi connectivity index (χ1v) is 11.9. The van der Waals surface area contributed by atoms with Gasteiger partial charge in [-0.15, -0.1) is 11.3 Å². The Morgan fingerprint density at radius 2 is 1.82 bits per heavy atom. The summed E-state index contributed by atoms with van der Waals surface area (Å²) in [7, 11) is -3.68. The molecule has 2 fully saturated rings. The lowest BCUT2D eigenvalue weighted by molar-refractivity contribution is -0.122. The van der Waals surface area contributed by atoms with E-state index in [4.69, 9.17) is 0 Å². The van der Waals surface area contributed by atoms with Gasteiger partial charge in [0, 0.05) is 23.8 Å². The minimum absolute atomic E-state index is 0.0533. The van der Waals surface area contributed by atoms with Crippen LogP contribution in [0.1, 0.15) is 26.2 Å². The molecule has 1 N–H and O–H groups in total. The van der Waals surface area contributed by atoms with Crippen molar-refractivity contribution in [3.63, 3.8) is 0 Å². The zero-order valence-corrected chi connectivity index (χ0v) is 17.4. The van der Waals surface area contributed by atoms with E-state index in [1.54, 1.807) is 28.6 Å². The maximum absolute atomic E-state index is 12.9. The fourth-order valence-corrected chi connectivity index (χ4v) is 5.64. The molecule has 9 heteroatoms. The summed E-state index contributed by atoms with van der Waals surface area (Å²) in [4.78, 5) is 21.1. The van der Waals surface area contributed by atoms with E-state index in [1.807, 2.05) is 0 Å². The number of amides is 1. The Morgan fingerprint density at radius 3 is 2.46 bits per heavy atom. The van der Waals surface area contributed by atoms with Gasteiger partial charge in [0.25, 0.3) is 10.0 Å². The van der Waals surface area contributed by atoms with Gasteiger partial charge < -0.3 is 4.90 Å². The second kappa shape index (κ2) is 7.81. The maximum Gasteiger partial charge on any atom is 0.263 e. The van der Waals surface area contributed by atoms with Crippen molar-refractivity contribution in [2.24, 2.45) is 5.92 Å². The number of aromatic nitrogens is 1. The number of piperidine rings is 1. The highest BCUT2D eigenvalue weighted by Gasteiger charge is 2.37. The first-order chi connectivity index (χ1) is 13.4. The lowest BCUT2D eigenvalue weighted by atomic mass is 9.97. The van der Waals surface area contributed by atoms with Crippen LogP contribution in [-0.4, -0.2) is 49.9 Å². The summed E-state index contributed by atoms with van der Waals surface area (Å²) in [5, 5.41) is 2.04. The first kappa shape index (κ1) is 19.4. The number of hydrogen-bond acceptors (Lipinski definition) is 6. The standard InChI is InChI=1S/C19H24N4O3S2/c1-14-6-10-22(11-7-14)17-8-12-23(18(17)24)15-2-4-16(5-3-15)28(25,26)21-19-20-9-13-27-19/h2-5,9,13-14,17H,6-8,10-12H2,1H3,(H,20,21)/t17-/m0/s1. The number of nitrogens with zero attached hydrogens (tertiary/aromatic N) is 3. The summed E-state index contributed by atoms with van der Waals surface area (Å²) < 4.78 is 27.4. The third-order valence-electron chi connectivity index (χ3n) is 5.55. The Hall–Kier alpha value is -1.97. The topological polar surface area (TPSA) is 82.6 Å². The number of benzene rings is 1. The number of hydrogen-bond donors (Lipinski definition) is 1. The van der Waals surface area contributed by atoms with Crippen LogP contribution in [0.4, 0.5) is 10.8 Å². The molecule has 0 saturated carbocycles. The van der Waals surface area contributed by atoms with Crippen LogP contribution in [0.2, 0.25) is 0 Å². The predicted molar refractivity (Wildman–Crippen MR) is 110 cm³/mol. The molecular weight excluding hydrogens is 396 g/mol. The number of nitrogens with one attached hydrogen (secondary N) is 1. The van der Waals surface area contributed by atoms with Crippen LogP contribution in [-0.2, 0) is 14.8 Å². The van der Waals surface area contributed by atoms with Crippen molar-refractivity contribution < 1.29 is 13.2 Å². The molecule has 150 valence electrons. The average molecular weight is 421 g/mol. The van der Waals surface area contributed by atoms with E-state index in [9.17, 15) is 13.2 Å². The summed E-state index contributed by atoms with van der Waals surface area (Å²) >= 11 is 1.22. The van der Waals surface area contributed by atoms with Crippen molar-refractivity contribution in [2.75, 3.05) is 29.3 Å². The molecule has 4 rings (SSSR count). The van der Waals surface area contributed by atoms with E-state index in [0.29, 0.717) is 11.7 Å². The molecule has 0 radical (unpaired) electrons. The molecule has 2 aromatic rings. The van der Waals surface area contributed by atoms with Crippen LogP contribution in [0.15, 0.2) is 40.7 Å².